The van der Waals surface area contributed by atoms with Crippen LogP contribution < -0.4 is 0 Å². The number of rotatable bonds is 2. The van der Waals surface area contributed by atoms with Gasteiger partial charge in [-0.2, -0.15) is 11.1 Å². The number of halogens is 2. The maximum atomic E-state index is 3.24. The third kappa shape index (κ3) is 15.5. The molecule has 22 heavy (non-hydrogen) atoms. The Balaban J connectivity index is -0.0000000676. The summed E-state index contributed by atoms with van der Waals surface area (Å²) in [5.74, 6) is 0. The molecule has 0 spiro atoms. The van der Waals surface area contributed by atoms with E-state index in [0.29, 0.717) is 0 Å². The Morgan fingerprint density at radius 1 is 0.864 bits per heavy atom. The average Bonchev–Trinajstić information content (AvgIpc) is 3.01. The molecule has 0 fully saturated rings. The van der Waals surface area contributed by atoms with Crippen molar-refractivity contribution in [1.29, 1.82) is 0 Å². The second kappa shape index (κ2) is 21.6. The normalized spacial score (nSPS) is 13.4. The maximum absolute atomic E-state index is 3.24. The van der Waals surface area contributed by atoms with E-state index in [4.69, 9.17) is 0 Å². The molecule has 0 radical (unpaired) electrons. The molecule has 0 aromatic carbocycles. The molecule has 0 aliphatic heterocycles. The van der Waals surface area contributed by atoms with Crippen molar-refractivity contribution in [2.24, 2.45) is 0 Å². The van der Waals surface area contributed by atoms with Gasteiger partial charge in [-0.05, 0) is 0 Å². The fraction of sp³-hybridized carbons (Fsp3) is 0.444. The third-order valence-electron chi connectivity index (χ3n) is 2.94. The summed E-state index contributed by atoms with van der Waals surface area (Å²) in [6.45, 7) is 10.5. The summed E-state index contributed by atoms with van der Waals surface area (Å²) in [7, 11) is 0. The fourth-order valence-electron chi connectivity index (χ4n) is 1.78. The molecule has 130 valence electrons. The van der Waals surface area contributed by atoms with Gasteiger partial charge in [0.05, 0.1) is 0 Å². The number of hydrogen-bond donors (Lipinski definition) is 0. The first-order chi connectivity index (χ1) is 8.65. The Labute approximate surface area is 169 Å². The van der Waals surface area contributed by atoms with Crippen LogP contribution in [0.4, 0.5) is 0 Å². The van der Waals surface area contributed by atoms with Crippen molar-refractivity contribution < 1.29 is 23.3 Å². The first-order valence-electron chi connectivity index (χ1n) is 6.54. The van der Waals surface area contributed by atoms with Crippen LogP contribution in [0.15, 0.2) is 34.4 Å². The van der Waals surface area contributed by atoms with Gasteiger partial charge < -0.3 is 14.9 Å². The Hall–Kier alpha value is 0.640. The van der Waals surface area contributed by atoms with Crippen LogP contribution in [0.2, 0.25) is 0 Å². The van der Waals surface area contributed by atoms with E-state index in [2.05, 4.69) is 52.0 Å². The van der Waals surface area contributed by atoms with Crippen molar-refractivity contribution in [2.75, 3.05) is 0 Å². The van der Waals surface area contributed by atoms with Gasteiger partial charge in [0.2, 0.25) is 0 Å². The molecular weight excluding hydrogens is 406 g/mol. The van der Waals surface area contributed by atoms with Crippen LogP contribution in [0.25, 0.3) is 0 Å². The van der Waals surface area contributed by atoms with Crippen molar-refractivity contribution in [2.45, 2.75) is 53.4 Å². The summed E-state index contributed by atoms with van der Waals surface area (Å²) < 4.78 is 0. The molecular formula is C18H32Cl2SiZr-4. The van der Waals surface area contributed by atoms with Crippen molar-refractivity contribution in [1.82, 2.24) is 0 Å². The third-order valence-corrected chi connectivity index (χ3v) is 2.94. The van der Waals surface area contributed by atoms with E-state index in [1.54, 1.807) is 23.3 Å². The number of allylic oxidation sites excluding steroid dienone is 8. The van der Waals surface area contributed by atoms with Gasteiger partial charge in [0.25, 0.3) is 0 Å². The van der Waals surface area contributed by atoms with Crippen LogP contribution in [0.3, 0.4) is 0 Å². The van der Waals surface area contributed by atoms with Crippen molar-refractivity contribution >= 4 is 31.7 Å². The van der Waals surface area contributed by atoms with Crippen LogP contribution in [0.5, 0.6) is 0 Å². The summed E-state index contributed by atoms with van der Waals surface area (Å²) in [5, 5.41) is 0. The molecule has 2 rings (SSSR count). The predicted molar refractivity (Wildman–Crippen MR) is 107 cm³/mol. The topological polar surface area (TPSA) is 0 Å². The fourth-order valence-corrected chi connectivity index (χ4v) is 1.78. The van der Waals surface area contributed by atoms with Crippen molar-refractivity contribution in [3.8, 4) is 0 Å². The van der Waals surface area contributed by atoms with E-state index in [9.17, 15) is 0 Å². The minimum atomic E-state index is 0. The Morgan fingerprint density at radius 3 is 1.23 bits per heavy atom. The van der Waals surface area contributed by atoms with Gasteiger partial charge in [0, 0.05) is 0 Å². The molecule has 0 saturated carbocycles. The molecule has 0 saturated heterocycles. The van der Waals surface area contributed by atoms with Crippen molar-refractivity contribution in [3.63, 3.8) is 0 Å². The van der Waals surface area contributed by atoms with E-state index in [-0.39, 0.29) is 39.7 Å². The standard InChI is InChI=1S/2C8H11.2CH3.2ClH.H2Si.Zr/c2*1-3-8-5-4-7(2)6-8;;;;;;/h2*6H,3,5H2,1-2H3;2*1H3;2*1H;1H2;/q4*-1;;;;. The quantitative estimate of drug-likeness (QED) is 0.379. The monoisotopic (exact) mass is 436 g/mol. The van der Waals surface area contributed by atoms with Crippen molar-refractivity contribution in [3.05, 3.63) is 61.4 Å². The summed E-state index contributed by atoms with van der Waals surface area (Å²) in [6.07, 6.45) is 15.4. The van der Waals surface area contributed by atoms with Gasteiger partial charge in [-0.1, -0.05) is 40.5 Å². The van der Waals surface area contributed by atoms with Crippen LogP contribution in [-0.4, -0.2) is 6.88 Å². The SMILES string of the molecule is CCC1=CC(C)=[C-]C1.CCC1=CC(C)=[C-]C1.Cl.Cl.[CH3-].[CH3-].[SiH2]=[Zr]. The Kier molecular flexibility index (Phi) is 33.5. The van der Waals surface area contributed by atoms with Gasteiger partial charge in [0.1, 0.15) is 0 Å². The van der Waals surface area contributed by atoms with E-state index >= 15 is 0 Å². The molecule has 0 heterocycles. The zero-order valence-electron chi connectivity index (χ0n) is 15.0. The van der Waals surface area contributed by atoms with Gasteiger partial charge in [-0.3, -0.25) is 12.2 Å². The van der Waals surface area contributed by atoms with Crippen LogP contribution >= 0.6 is 24.8 Å². The molecule has 0 unspecified atom stereocenters. The molecule has 0 amide bonds. The summed E-state index contributed by atoms with van der Waals surface area (Å²) >= 11 is 1.58. The zero-order valence-corrected chi connectivity index (χ0v) is 20.5. The van der Waals surface area contributed by atoms with E-state index < -0.39 is 0 Å². The average molecular weight is 439 g/mol. The zero-order chi connectivity index (χ0) is 14.0. The van der Waals surface area contributed by atoms with Gasteiger partial charge >= 0.3 is 30.2 Å². The van der Waals surface area contributed by atoms with Gasteiger partial charge in [-0.25, -0.2) is 23.3 Å². The van der Waals surface area contributed by atoms with E-state index in [1.807, 2.05) is 6.88 Å². The van der Waals surface area contributed by atoms with Crippen LogP contribution in [-0.2, 0) is 23.3 Å². The van der Waals surface area contributed by atoms with E-state index in [1.165, 1.54) is 35.1 Å². The second-order valence-corrected chi connectivity index (χ2v) is 4.39. The minimum absolute atomic E-state index is 0. The number of hydrogen-bond acceptors (Lipinski definition) is 0. The molecule has 0 aromatic heterocycles. The molecule has 4 heteroatoms. The van der Waals surface area contributed by atoms with Crippen LogP contribution in [0, 0.1) is 27.0 Å². The molecule has 2 aliphatic carbocycles. The molecule has 0 N–H and O–H groups in total. The van der Waals surface area contributed by atoms with Gasteiger partial charge in [0.15, 0.2) is 0 Å². The summed E-state index contributed by atoms with van der Waals surface area (Å²) in [6, 6.07) is 0. The van der Waals surface area contributed by atoms with E-state index in [0.717, 1.165) is 12.8 Å². The first-order valence-corrected chi connectivity index (χ1v) is 12.5. The molecule has 0 bridgehead atoms. The predicted octanol–water partition coefficient (Wildman–Crippen LogP) is 5.78. The summed E-state index contributed by atoms with van der Waals surface area (Å²) in [4.78, 5) is 0. The molecule has 0 aromatic rings. The second-order valence-electron chi connectivity index (χ2n) is 4.39. The molecule has 2 aliphatic rings. The van der Waals surface area contributed by atoms with Crippen LogP contribution in [0.1, 0.15) is 53.4 Å². The Bertz CT molecular complexity index is 347. The summed E-state index contributed by atoms with van der Waals surface area (Å²) in [5.41, 5.74) is 5.65. The van der Waals surface area contributed by atoms with Gasteiger partial charge in [-0.15, -0.1) is 37.7 Å². The molecule has 0 atom stereocenters. The Morgan fingerprint density at radius 2 is 1.14 bits per heavy atom. The molecule has 0 nitrogen and oxygen atoms in total. The first kappa shape index (κ1) is 34.1.